The fourth-order valence-electron chi connectivity index (χ4n) is 2.23. The van der Waals surface area contributed by atoms with Crippen LogP contribution in [0.3, 0.4) is 0 Å². The maximum atomic E-state index is 6.41. The second-order valence-electron chi connectivity index (χ2n) is 4.79. The van der Waals surface area contributed by atoms with E-state index in [0.29, 0.717) is 0 Å². The van der Waals surface area contributed by atoms with Gasteiger partial charge >= 0.3 is 0 Å². The number of benzene rings is 1. The minimum absolute atomic E-state index is 0.181. The maximum absolute atomic E-state index is 6.41. The molecule has 1 atom stereocenters. The van der Waals surface area contributed by atoms with Gasteiger partial charge in [0, 0.05) is 29.4 Å². The molecule has 0 bridgehead atoms. The Morgan fingerprint density at radius 3 is 2.58 bits per heavy atom. The van der Waals surface area contributed by atoms with Gasteiger partial charge in [0.1, 0.15) is 0 Å². The third kappa shape index (κ3) is 3.14. The summed E-state index contributed by atoms with van der Waals surface area (Å²) in [6.45, 7) is 4.12. The van der Waals surface area contributed by atoms with Crippen molar-refractivity contribution in [1.82, 2.24) is 10.3 Å². The van der Waals surface area contributed by atoms with Gasteiger partial charge in [-0.05, 0) is 43.7 Å². The fraction of sp³-hybridized carbons (Fsp3) is 0.312. The molecule has 19 heavy (non-hydrogen) atoms. The van der Waals surface area contributed by atoms with Gasteiger partial charge in [-0.1, -0.05) is 35.9 Å². The molecule has 0 aliphatic heterocycles. The van der Waals surface area contributed by atoms with E-state index in [1.54, 1.807) is 0 Å². The molecule has 0 radical (unpaired) electrons. The van der Waals surface area contributed by atoms with Gasteiger partial charge in [0.2, 0.25) is 0 Å². The first-order chi connectivity index (χ1) is 9.13. The van der Waals surface area contributed by atoms with E-state index in [4.69, 9.17) is 11.6 Å². The van der Waals surface area contributed by atoms with Crippen molar-refractivity contribution in [1.29, 1.82) is 0 Å². The SMILES string of the molecule is CNC(Cc1ncccc1C)c1cccc(C)c1Cl. The summed E-state index contributed by atoms with van der Waals surface area (Å²) < 4.78 is 0. The van der Waals surface area contributed by atoms with E-state index in [9.17, 15) is 0 Å². The Bertz CT molecular complexity index is 566. The molecule has 0 saturated heterocycles. The molecule has 0 saturated carbocycles. The van der Waals surface area contributed by atoms with Crippen LogP contribution in [-0.4, -0.2) is 12.0 Å². The molecule has 1 unspecified atom stereocenters. The van der Waals surface area contributed by atoms with Crippen LogP contribution in [0.4, 0.5) is 0 Å². The lowest BCUT2D eigenvalue weighted by Crippen LogP contribution is -2.20. The van der Waals surface area contributed by atoms with Crippen molar-refractivity contribution < 1.29 is 0 Å². The molecule has 0 fully saturated rings. The molecule has 1 aromatic carbocycles. The highest BCUT2D eigenvalue weighted by Crippen LogP contribution is 2.28. The molecule has 0 aliphatic rings. The second-order valence-corrected chi connectivity index (χ2v) is 5.17. The van der Waals surface area contributed by atoms with E-state index in [1.807, 2.05) is 38.4 Å². The number of aryl methyl sites for hydroxylation is 2. The zero-order valence-corrected chi connectivity index (χ0v) is 12.3. The number of halogens is 1. The zero-order valence-electron chi connectivity index (χ0n) is 11.6. The van der Waals surface area contributed by atoms with E-state index >= 15 is 0 Å². The summed E-state index contributed by atoms with van der Waals surface area (Å²) in [7, 11) is 1.96. The van der Waals surface area contributed by atoms with Crippen molar-refractivity contribution in [3.8, 4) is 0 Å². The predicted octanol–water partition coefficient (Wildman–Crippen LogP) is 3.86. The number of nitrogens with one attached hydrogen (secondary N) is 1. The summed E-state index contributed by atoms with van der Waals surface area (Å²) in [6.07, 6.45) is 2.68. The van der Waals surface area contributed by atoms with Crippen LogP contribution in [0.15, 0.2) is 36.5 Å². The summed E-state index contributed by atoms with van der Waals surface area (Å²) in [6, 6.07) is 10.4. The average molecular weight is 275 g/mol. The molecule has 0 spiro atoms. The third-order valence-corrected chi connectivity index (χ3v) is 3.98. The van der Waals surface area contributed by atoms with Crippen LogP contribution in [0.1, 0.15) is 28.4 Å². The molecule has 2 aromatic rings. The minimum atomic E-state index is 0.181. The van der Waals surface area contributed by atoms with Gasteiger partial charge in [0.15, 0.2) is 0 Å². The van der Waals surface area contributed by atoms with Crippen LogP contribution in [0.25, 0.3) is 0 Å². The Morgan fingerprint density at radius 1 is 1.16 bits per heavy atom. The number of hydrogen-bond donors (Lipinski definition) is 1. The van der Waals surface area contributed by atoms with Crippen molar-refractivity contribution in [2.75, 3.05) is 7.05 Å². The number of rotatable bonds is 4. The van der Waals surface area contributed by atoms with Crippen molar-refractivity contribution in [3.05, 3.63) is 63.9 Å². The van der Waals surface area contributed by atoms with Gasteiger partial charge in [-0.25, -0.2) is 0 Å². The first-order valence-electron chi connectivity index (χ1n) is 6.46. The number of hydrogen-bond acceptors (Lipinski definition) is 2. The Hall–Kier alpha value is -1.38. The highest BCUT2D eigenvalue weighted by molar-refractivity contribution is 6.32. The molecule has 2 nitrogen and oxygen atoms in total. The van der Waals surface area contributed by atoms with Crippen LogP contribution in [0, 0.1) is 13.8 Å². The van der Waals surface area contributed by atoms with Crippen LogP contribution in [0.5, 0.6) is 0 Å². The summed E-state index contributed by atoms with van der Waals surface area (Å²) in [5.41, 5.74) is 4.57. The lowest BCUT2D eigenvalue weighted by Gasteiger charge is -2.19. The number of likely N-dealkylation sites (N-methyl/N-ethyl adjacent to an activating group) is 1. The summed E-state index contributed by atoms with van der Waals surface area (Å²) in [5.74, 6) is 0. The largest absolute Gasteiger partial charge is 0.313 e. The fourth-order valence-corrected chi connectivity index (χ4v) is 2.49. The lowest BCUT2D eigenvalue weighted by molar-refractivity contribution is 0.582. The minimum Gasteiger partial charge on any atom is -0.313 e. The van der Waals surface area contributed by atoms with Gasteiger partial charge in [-0.3, -0.25) is 4.98 Å². The molecular formula is C16H19ClN2. The van der Waals surface area contributed by atoms with Gasteiger partial charge < -0.3 is 5.32 Å². The van der Waals surface area contributed by atoms with Crippen LogP contribution in [-0.2, 0) is 6.42 Å². The molecule has 1 N–H and O–H groups in total. The Morgan fingerprint density at radius 2 is 1.89 bits per heavy atom. The van der Waals surface area contributed by atoms with E-state index in [-0.39, 0.29) is 6.04 Å². The summed E-state index contributed by atoms with van der Waals surface area (Å²) in [5, 5.41) is 4.18. The molecule has 2 rings (SSSR count). The quantitative estimate of drug-likeness (QED) is 0.916. The summed E-state index contributed by atoms with van der Waals surface area (Å²) >= 11 is 6.41. The Balaban J connectivity index is 2.31. The second kappa shape index (κ2) is 6.18. The van der Waals surface area contributed by atoms with Crippen LogP contribution in [0.2, 0.25) is 5.02 Å². The van der Waals surface area contributed by atoms with Crippen molar-refractivity contribution in [2.45, 2.75) is 26.3 Å². The van der Waals surface area contributed by atoms with Gasteiger partial charge in [-0.15, -0.1) is 0 Å². The highest BCUT2D eigenvalue weighted by atomic mass is 35.5. The maximum Gasteiger partial charge on any atom is 0.0483 e. The predicted molar refractivity (Wildman–Crippen MR) is 80.7 cm³/mol. The molecule has 1 heterocycles. The molecule has 0 aliphatic carbocycles. The van der Waals surface area contributed by atoms with E-state index in [0.717, 1.165) is 28.3 Å². The first-order valence-corrected chi connectivity index (χ1v) is 6.84. The normalized spacial score (nSPS) is 12.4. The lowest BCUT2D eigenvalue weighted by atomic mass is 9.98. The van der Waals surface area contributed by atoms with Gasteiger partial charge in [0.05, 0.1) is 0 Å². The van der Waals surface area contributed by atoms with E-state index in [1.165, 1.54) is 5.56 Å². The van der Waals surface area contributed by atoms with Crippen molar-refractivity contribution >= 4 is 11.6 Å². The van der Waals surface area contributed by atoms with E-state index in [2.05, 4.69) is 29.4 Å². The van der Waals surface area contributed by atoms with Gasteiger partial charge in [-0.2, -0.15) is 0 Å². The average Bonchev–Trinajstić information content (AvgIpc) is 2.41. The first kappa shape index (κ1) is 14.0. The molecule has 1 aromatic heterocycles. The van der Waals surface area contributed by atoms with Crippen LogP contribution >= 0.6 is 11.6 Å². The summed E-state index contributed by atoms with van der Waals surface area (Å²) in [4.78, 5) is 4.46. The highest BCUT2D eigenvalue weighted by Gasteiger charge is 2.16. The van der Waals surface area contributed by atoms with Crippen molar-refractivity contribution in [3.63, 3.8) is 0 Å². The van der Waals surface area contributed by atoms with Crippen LogP contribution < -0.4 is 5.32 Å². The Labute approximate surface area is 119 Å². The van der Waals surface area contributed by atoms with Gasteiger partial charge in [0.25, 0.3) is 0 Å². The standard InChI is InChI=1S/C16H19ClN2/c1-11-7-5-9-19-14(11)10-15(18-3)13-8-4-6-12(2)16(13)17/h4-9,15,18H,10H2,1-3H3. The monoisotopic (exact) mass is 274 g/mol. The van der Waals surface area contributed by atoms with Crippen molar-refractivity contribution in [2.24, 2.45) is 0 Å². The number of aromatic nitrogens is 1. The van der Waals surface area contributed by atoms with E-state index < -0.39 is 0 Å². The molecular weight excluding hydrogens is 256 g/mol. The topological polar surface area (TPSA) is 24.9 Å². The zero-order chi connectivity index (χ0) is 13.8. The molecule has 0 amide bonds. The Kier molecular flexibility index (Phi) is 4.56. The number of nitrogens with zero attached hydrogens (tertiary/aromatic N) is 1. The number of pyridine rings is 1. The molecule has 3 heteroatoms. The third-order valence-electron chi connectivity index (χ3n) is 3.46. The molecule has 100 valence electrons. The smallest absolute Gasteiger partial charge is 0.0483 e.